The third-order valence-corrected chi connectivity index (χ3v) is 4.51. The number of aliphatic hydroxyl groups excluding tert-OH is 1. The summed E-state index contributed by atoms with van der Waals surface area (Å²) < 4.78 is 31.8. The molecule has 114 valence electrons. The van der Waals surface area contributed by atoms with Gasteiger partial charge in [0.05, 0.1) is 18.6 Å². The van der Waals surface area contributed by atoms with Crippen molar-refractivity contribution in [2.75, 3.05) is 13.7 Å². The maximum atomic E-state index is 12.1. The Labute approximate surface area is 121 Å². The average Bonchev–Trinajstić information content (AvgIpc) is 2.46. The molecule has 0 amide bonds. The standard InChI is InChI=1S/C14H23NO4S/c1-3-4-5-6-9-15-20(17,18)13-7-8-14(19-2)12(10-13)11-16/h7-8,10,15-16H,3-6,9,11H2,1-2H3. The molecule has 0 bridgehead atoms. The molecule has 2 N–H and O–H groups in total. The van der Waals surface area contributed by atoms with Gasteiger partial charge in [-0.1, -0.05) is 26.2 Å². The van der Waals surface area contributed by atoms with E-state index in [0.717, 1.165) is 25.7 Å². The van der Waals surface area contributed by atoms with E-state index in [-0.39, 0.29) is 11.5 Å². The first-order valence-corrected chi connectivity index (χ1v) is 8.31. The fourth-order valence-electron chi connectivity index (χ4n) is 1.89. The highest BCUT2D eigenvalue weighted by Gasteiger charge is 2.15. The van der Waals surface area contributed by atoms with Crippen molar-refractivity contribution in [2.24, 2.45) is 0 Å². The Morgan fingerprint density at radius 3 is 2.60 bits per heavy atom. The van der Waals surface area contributed by atoms with Gasteiger partial charge >= 0.3 is 0 Å². The molecule has 0 saturated heterocycles. The molecule has 0 radical (unpaired) electrons. The number of benzene rings is 1. The minimum Gasteiger partial charge on any atom is -0.496 e. The zero-order valence-corrected chi connectivity index (χ0v) is 12.9. The van der Waals surface area contributed by atoms with Crippen molar-refractivity contribution < 1.29 is 18.3 Å². The Morgan fingerprint density at radius 2 is 2.00 bits per heavy atom. The van der Waals surface area contributed by atoms with Gasteiger partial charge in [-0.2, -0.15) is 0 Å². The number of rotatable bonds is 9. The van der Waals surface area contributed by atoms with Gasteiger partial charge in [-0.05, 0) is 24.6 Å². The molecule has 6 heteroatoms. The summed E-state index contributed by atoms with van der Waals surface area (Å²) >= 11 is 0. The van der Waals surface area contributed by atoms with E-state index in [2.05, 4.69) is 11.6 Å². The van der Waals surface area contributed by atoms with E-state index < -0.39 is 10.0 Å². The first-order valence-electron chi connectivity index (χ1n) is 6.82. The second kappa shape index (κ2) is 8.24. The largest absolute Gasteiger partial charge is 0.496 e. The van der Waals surface area contributed by atoms with Crippen LogP contribution in [0.25, 0.3) is 0 Å². The average molecular weight is 301 g/mol. The van der Waals surface area contributed by atoms with Crippen LogP contribution in [0.15, 0.2) is 23.1 Å². The van der Waals surface area contributed by atoms with Crippen molar-refractivity contribution in [1.82, 2.24) is 4.72 Å². The Hall–Kier alpha value is -1.11. The predicted molar refractivity (Wildman–Crippen MR) is 78.2 cm³/mol. The highest BCUT2D eigenvalue weighted by molar-refractivity contribution is 7.89. The van der Waals surface area contributed by atoms with E-state index in [1.807, 2.05) is 0 Å². The first-order chi connectivity index (χ1) is 9.55. The fourth-order valence-corrected chi connectivity index (χ4v) is 3.01. The van der Waals surface area contributed by atoms with Crippen LogP contribution in [0.4, 0.5) is 0 Å². The third kappa shape index (κ3) is 4.77. The molecule has 0 fully saturated rings. The second-order valence-electron chi connectivity index (χ2n) is 4.59. The van der Waals surface area contributed by atoms with Gasteiger partial charge in [0, 0.05) is 12.1 Å². The highest BCUT2D eigenvalue weighted by Crippen LogP contribution is 2.22. The van der Waals surface area contributed by atoms with Crippen LogP contribution in [0.2, 0.25) is 0 Å². The Bertz CT molecular complexity index is 514. The smallest absolute Gasteiger partial charge is 0.240 e. The summed E-state index contributed by atoms with van der Waals surface area (Å²) in [6.07, 6.45) is 4.07. The van der Waals surface area contributed by atoms with Gasteiger partial charge in [-0.15, -0.1) is 0 Å². The lowest BCUT2D eigenvalue weighted by molar-refractivity contribution is 0.273. The fraction of sp³-hybridized carbons (Fsp3) is 0.571. The summed E-state index contributed by atoms with van der Waals surface area (Å²) in [5.41, 5.74) is 0.460. The Morgan fingerprint density at radius 1 is 1.25 bits per heavy atom. The van der Waals surface area contributed by atoms with E-state index in [9.17, 15) is 13.5 Å². The summed E-state index contributed by atoms with van der Waals surface area (Å²) in [7, 11) is -2.04. The molecule has 0 unspecified atom stereocenters. The van der Waals surface area contributed by atoms with Crippen LogP contribution in [-0.4, -0.2) is 27.2 Å². The number of methoxy groups -OCH3 is 1. The number of hydrogen-bond acceptors (Lipinski definition) is 4. The second-order valence-corrected chi connectivity index (χ2v) is 6.36. The molecule has 0 spiro atoms. The minimum atomic E-state index is -3.52. The molecule has 20 heavy (non-hydrogen) atoms. The molecular formula is C14H23NO4S. The quantitative estimate of drug-likeness (QED) is 0.684. The molecule has 0 atom stereocenters. The van der Waals surface area contributed by atoms with Crippen molar-refractivity contribution in [3.8, 4) is 5.75 Å². The van der Waals surface area contributed by atoms with Crippen LogP contribution in [0.3, 0.4) is 0 Å². The van der Waals surface area contributed by atoms with E-state index in [4.69, 9.17) is 4.74 Å². The third-order valence-electron chi connectivity index (χ3n) is 3.05. The molecule has 1 rings (SSSR count). The maximum absolute atomic E-state index is 12.1. The molecule has 0 aliphatic rings. The van der Waals surface area contributed by atoms with Crippen LogP contribution in [0.1, 0.15) is 38.2 Å². The minimum absolute atomic E-state index is 0.151. The van der Waals surface area contributed by atoms with Gasteiger partial charge in [0.2, 0.25) is 10.0 Å². The van der Waals surface area contributed by atoms with Crippen LogP contribution in [0, 0.1) is 0 Å². The van der Waals surface area contributed by atoms with Crippen molar-refractivity contribution in [3.05, 3.63) is 23.8 Å². The van der Waals surface area contributed by atoms with Gasteiger partial charge in [-0.25, -0.2) is 13.1 Å². The monoisotopic (exact) mass is 301 g/mol. The van der Waals surface area contributed by atoms with Crippen LogP contribution in [-0.2, 0) is 16.6 Å². The predicted octanol–water partition coefficient (Wildman–Crippen LogP) is 2.05. The lowest BCUT2D eigenvalue weighted by atomic mass is 10.2. The zero-order valence-electron chi connectivity index (χ0n) is 12.1. The van der Waals surface area contributed by atoms with Gasteiger partial charge < -0.3 is 9.84 Å². The number of ether oxygens (including phenoxy) is 1. The summed E-state index contributed by atoms with van der Waals surface area (Å²) in [5, 5.41) is 9.22. The van der Waals surface area contributed by atoms with Gasteiger partial charge in [0.25, 0.3) is 0 Å². The summed E-state index contributed by atoms with van der Waals surface area (Å²) in [5.74, 6) is 0.481. The van der Waals surface area contributed by atoms with Crippen molar-refractivity contribution in [2.45, 2.75) is 44.1 Å². The molecule has 5 nitrogen and oxygen atoms in total. The van der Waals surface area contributed by atoms with Gasteiger partial charge in [0.1, 0.15) is 5.75 Å². The SMILES string of the molecule is CCCCCCNS(=O)(=O)c1ccc(OC)c(CO)c1. The normalized spacial score (nSPS) is 11.6. The van der Waals surface area contributed by atoms with Crippen LogP contribution < -0.4 is 9.46 Å². The van der Waals surface area contributed by atoms with Gasteiger partial charge in [-0.3, -0.25) is 0 Å². The number of nitrogens with one attached hydrogen (secondary N) is 1. The van der Waals surface area contributed by atoms with Crippen molar-refractivity contribution >= 4 is 10.0 Å². The zero-order chi connectivity index (χ0) is 15.0. The van der Waals surface area contributed by atoms with Crippen molar-refractivity contribution in [1.29, 1.82) is 0 Å². The van der Waals surface area contributed by atoms with E-state index >= 15 is 0 Å². The summed E-state index contributed by atoms with van der Waals surface area (Å²) in [6, 6.07) is 4.47. The molecule has 0 aromatic heterocycles. The number of sulfonamides is 1. The van der Waals surface area contributed by atoms with Gasteiger partial charge in [0.15, 0.2) is 0 Å². The van der Waals surface area contributed by atoms with E-state index in [0.29, 0.717) is 17.9 Å². The van der Waals surface area contributed by atoms with E-state index in [1.165, 1.54) is 19.2 Å². The molecular weight excluding hydrogens is 278 g/mol. The Balaban J connectivity index is 2.72. The van der Waals surface area contributed by atoms with Crippen molar-refractivity contribution in [3.63, 3.8) is 0 Å². The molecule has 1 aromatic carbocycles. The number of hydrogen-bond donors (Lipinski definition) is 2. The Kier molecular flexibility index (Phi) is 6.98. The number of unbranched alkanes of at least 4 members (excludes halogenated alkanes) is 3. The highest BCUT2D eigenvalue weighted by atomic mass is 32.2. The maximum Gasteiger partial charge on any atom is 0.240 e. The molecule has 0 aliphatic carbocycles. The first kappa shape index (κ1) is 16.9. The molecule has 0 saturated carbocycles. The van der Waals surface area contributed by atoms with E-state index in [1.54, 1.807) is 6.07 Å². The summed E-state index contributed by atoms with van der Waals surface area (Å²) in [6.45, 7) is 2.28. The molecule has 0 aliphatic heterocycles. The summed E-state index contributed by atoms with van der Waals surface area (Å²) in [4.78, 5) is 0.151. The topological polar surface area (TPSA) is 75.6 Å². The lowest BCUT2D eigenvalue weighted by Crippen LogP contribution is -2.25. The van der Waals surface area contributed by atoms with Crippen LogP contribution >= 0.6 is 0 Å². The molecule has 0 heterocycles. The number of aliphatic hydroxyl groups is 1. The molecule has 1 aromatic rings. The van der Waals surface area contributed by atoms with Crippen LogP contribution in [0.5, 0.6) is 5.75 Å². The lowest BCUT2D eigenvalue weighted by Gasteiger charge is -2.10.